The lowest BCUT2D eigenvalue weighted by Gasteiger charge is -2.27. The first-order chi connectivity index (χ1) is 8.00. The fraction of sp³-hybridized carbons (Fsp3) is 0.286. The number of Topliss-reactive ketones (excluding diaryl/α,β-unsaturated/α-hetero) is 1. The van der Waals surface area contributed by atoms with E-state index in [-0.39, 0.29) is 17.5 Å². The van der Waals surface area contributed by atoms with Crippen molar-refractivity contribution in [2.45, 2.75) is 20.8 Å². The van der Waals surface area contributed by atoms with Crippen LogP contribution in [-0.4, -0.2) is 16.6 Å². The van der Waals surface area contributed by atoms with Gasteiger partial charge in [0.1, 0.15) is 5.76 Å². The zero-order valence-electron chi connectivity index (χ0n) is 10.2. The first-order valence-electron chi connectivity index (χ1n) is 5.60. The fourth-order valence-electron chi connectivity index (χ4n) is 1.89. The van der Waals surface area contributed by atoms with E-state index in [0.717, 1.165) is 5.69 Å². The monoisotopic (exact) mass is 229 g/mol. The van der Waals surface area contributed by atoms with Crippen molar-refractivity contribution in [3.05, 3.63) is 41.2 Å². The highest BCUT2D eigenvalue weighted by atomic mass is 16.3. The molecule has 88 valence electrons. The minimum absolute atomic E-state index is 0.133. The Hall–Kier alpha value is -1.90. The maximum atomic E-state index is 11.3. The summed E-state index contributed by atoms with van der Waals surface area (Å²) < 4.78 is 0. The molecule has 0 amide bonds. The number of aliphatic hydroxyl groups is 1. The molecule has 1 aromatic carbocycles. The Morgan fingerprint density at radius 3 is 2.41 bits per heavy atom. The highest BCUT2D eigenvalue weighted by Gasteiger charge is 2.36. The quantitative estimate of drug-likeness (QED) is 0.847. The number of aliphatic imine (C=N–C) groups is 1. The Morgan fingerprint density at radius 1 is 1.29 bits per heavy atom. The Labute approximate surface area is 101 Å². The topological polar surface area (TPSA) is 49.7 Å². The molecule has 1 atom stereocenters. The molecule has 1 unspecified atom stereocenters. The molecule has 17 heavy (non-hydrogen) atoms. The predicted octanol–water partition coefficient (Wildman–Crippen LogP) is 3.12. The molecular weight excluding hydrogens is 214 g/mol. The summed E-state index contributed by atoms with van der Waals surface area (Å²) in [7, 11) is 0. The van der Waals surface area contributed by atoms with Gasteiger partial charge in [-0.15, -0.1) is 0 Å². The van der Waals surface area contributed by atoms with Crippen LogP contribution in [0.25, 0.3) is 0 Å². The third kappa shape index (κ3) is 2.00. The summed E-state index contributed by atoms with van der Waals surface area (Å²) in [6.07, 6.45) is 0. The maximum absolute atomic E-state index is 11.3. The Kier molecular flexibility index (Phi) is 2.84. The van der Waals surface area contributed by atoms with E-state index in [9.17, 15) is 9.90 Å². The molecule has 0 fully saturated rings. The van der Waals surface area contributed by atoms with E-state index in [2.05, 4.69) is 4.99 Å². The molecule has 1 aliphatic carbocycles. The second-order valence-corrected chi connectivity index (χ2v) is 4.37. The molecule has 0 aromatic heterocycles. The van der Waals surface area contributed by atoms with E-state index in [1.54, 1.807) is 0 Å². The number of rotatable bonds is 2. The number of allylic oxidation sites excluding steroid dienone is 2. The smallest absolute Gasteiger partial charge is 0.165 e. The minimum atomic E-state index is -0.143. The third-order valence-electron chi connectivity index (χ3n) is 2.97. The summed E-state index contributed by atoms with van der Waals surface area (Å²) in [6, 6.07) is 7.75. The minimum Gasteiger partial charge on any atom is -0.511 e. The molecule has 1 N–H and O–H groups in total. The van der Waals surface area contributed by atoms with Gasteiger partial charge < -0.3 is 5.11 Å². The number of hydrogen-bond acceptors (Lipinski definition) is 3. The normalized spacial score (nSPS) is 21.6. The van der Waals surface area contributed by atoms with E-state index in [1.807, 2.05) is 38.1 Å². The van der Waals surface area contributed by atoms with Gasteiger partial charge in [-0.25, -0.2) is 0 Å². The molecule has 1 aromatic rings. The zero-order valence-corrected chi connectivity index (χ0v) is 10.2. The molecule has 0 heterocycles. The van der Waals surface area contributed by atoms with Gasteiger partial charge in [-0.1, -0.05) is 17.7 Å². The molecule has 0 saturated heterocycles. The number of aliphatic hydroxyl groups excluding tert-OH is 1. The van der Waals surface area contributed by atoms with Crippen LogP contribution in [0.1, 0.15) is 19.4 Å². The van der Waals surface area contributed by atoms with Crippen molar-refractivity contribution in [1.29, 1.82) is 0 Å². The number of benzene rings is 1. The Morgan fingerprint density at radius 2 is 1.88 bits per heavy atom. The number of hydrogen-bond donors (Lipinski definition) is 1. The molecule has 1 aliphatic rings. The lowest BCUT2D eigenvalue weighted by atomic mass is 9.80. The molecule has 2 rings (SSSR count). The van der Waals surface area contributed by atoms with Crippen molar-refractivity contribution >= 4 is 17.2 Å². The molecule has 3 nitrogen and oxygen atoms in total. The van der Waals surface area contributed by atoms with Crippen LogP contribution >= 0.6 is 0 Å². The van der Waals surface area contributed by atoms with E-state index in [0.29, 0.717) is 11.3 Å². The lowest BCUT2D eigenvalue weighted by molar-refractivity contribution is -0.113. The van der Waals surface area contributed by atoms with E-state index < -0.39 is 0 Å². The van der Waals surface area contributed by atoms with Crippen molar-refractivity contribution in [2.24, 2.45) is 10.9 Å². The van der Waals surface area contributed by atoms with Gasteiger partial charge in [0.25, 0.3) is 0 Å². The highest BCUT2D eigenvalue weighted by Crippen LogP contribution is 2.32. The van der Waals surface area contributed by atoms with Crippen molar-refractivity contribution < 1.29 is 9.90 Å². The summed E-state index contributed by atoms with van der Waals surface area (Å²) in [5.74, 6) is -0.120. The van der Waals surface area contributed by atoms with E-state index >= 15 is 0 Å². The molecule has 0 aliphatic heterocycles. The summed E-state index contributed by atoms with van der Waals surface area (Å²) in [4.78, 5) is 15.8. The number of carbonyl (C=O) groups excluding carboxylic acids is 1. The molecule has 0 bridgehead atoms. The van der Waals surface area contributed by atoms with E-state index in [1.165, 1.54) is 12.5 Å². The van der Waals surface area contributed by atoms with Crippen LogP contribution in [0.2, 0.25) is 0 Å². The molecular formula is C14H15NO2. The standard InChI is InChI=1S/C14H15NO2/c1-8-4-6-11(7-5-8)15-13-9(2)14(17)12(13)10(3)16/h4-7,9,17H,1-3H3. The van der Waals surface area contributed by atoms with Crippen molar-refractivity contribution in [2.75, 3.05) is 0 Å². The van der Waals surface area contributed by atoms with Gasteiger partial charge in [-0.3, -0.25) is 9.79 Å². The van der Waals surface area contributed by atoms with Gasteiger partial charge in [-0.05, 0) is 32.9 Å². The number of ketones is 1. The van der Waals surface area contributed by atoms with E-state index in [4.69, 9.17) is 0 Å². The number of nitrogens with zero attached hydrogens (tertiary/aromatic N) is 1. The maximum Gasteiger partial charge on any atom is 0.165 e. The highest BCUT2D eigenvalue weighted by molar-refractivity contribution is 6.28. The molecule has 0 radical (unpaired) electrons. The van der Waals surface area contributed by atoms with Crippen molar-refractivity contribution in [1.82, 2.24) is 0 Å². The largest absolute Gasteiger partial charge is 0.511 e. The molecule has 0 spiro atoms. The summed E-state index contributed by atoms with van der Waals surface area (Å²) >= 11 is 0. The summed E-state index contributed by atoms with van der Waals surface area (Å²) in [5.41, 5.74) is 3.03. The zero-order chi connectivity index (χ0) is 12.6. The van der Waals surface area contributed by atoms with Crippen LogP contribution < -0.4 is 0 Å². The van der Waals surface area contributed by atoms with Crippen LogP contribution in [0, 0.1) is 12.8 Å². The van der Waals surface area contributed by atoms with Gasteiger partial charge >= 0.3 is 0 Å². The fourth-order valence-corrected chi connectivity index (χ4v) is 1.89. The first kappa shape index (κ1) is 11.6. The van der Waals surface area contributed by atoms with Crippen LogP contribution in [0.15, 0.2) is 40.6 Å². The average molecular weight is 229 g/mol. The predicted molar refractivity (Wildman–Crippen MR) is 67.8 cm³/mol. The average Bonchev–Trinajstić information content (AvgIpc) is 2.30. The summed E-state index contributed by atoms with van der Waals surface area (Å²) in [5, 5.41) is 9.62. The first-order valence-corrected chi connectivity index (χ1v) is 5.60. The number of aryl methyl sites for hydroxylation is 1. The van der Waals surface area contributed by atoms with Gasteiger partial charge in [0, 0.05) is 0 Å². The summed E-state index contributed by atoms with van der Waals surface area (Å²) in [6.45, 7) is 5.30. The van der Waals surface area contributed by atoms with Crippen molar-refractivity contribution in [3.63, 3.8) is 0 Å². The van der Waals surface area contributed by atoms with Gasteiger partial charge in [0.05, 0.1) is 22.9 Å². The van der Waals surface area contributed by atoms with Crippen LogP contribution in [-0.2, 0) is 4.79 Å². The lowest BCUT2D eigenvalue weighted by Crippen LogP contribution is -2.32. The van der Waals surface area contributed by atoms with Crippen molar-refractivity contribution in [3.8, 4) is 0 Å². The van der Waals surface area contributed by atoms with Gasteiger partial charge in [0.15, 0.2) is 5.78 Å². The Bertz CT molecular complexity index is 524. The second-order valence-electron chi connectivity index (χ2n) is 4.37. The molecule has 0 saturated carbocycles. The SMILES string of the molecule is CC(=O)C1=C(O)C(C)C1=Nc1ccc(C)cc1. The molecule has 3 heteroatoms. The van der Waals surface area contributed by atoms with Crippen LogP contribution in [0.3, 0.4) is 0 Å². The van der Waals surface area contributed by atoms with Gasteiger partial charge in [-0.2, -0.15) is 0 Å². The van der Waals surface area contributed by atoms with Gasteiger partial charge in [0.2, 0.25) is 0 Å². The number of carbonyl (C=O) groups is 1. The third-order valence-corrected chi connectivity index (χ3v) is 2.97. The van der Waals surface area contributed by atoms with Crippen LogP contribution in [0.5, 0.6) is 0 Å². The van der Waals surface area contributed by atoms with Crippen LogP contribution in [0.4, 0.5) is 5.69 Å². The Balaban J connectivity index is 2.36. The second kappa shape index (κ2) is 4.17.